The standard InChI is InChI=1S/C12H17NO15S2.3Na/c14-3-1-4(10(16)17)25-12(8(3)28-30(21,22)23)27-9-5-2-24-11(26-5)6(7(9)15)13-29(18,19)20;;;/h1,3,5-9,11-15H,2H2,(H,16,17)(H,18,19,20)(H,21,22,23);;;/q;3*+1/p-3/t3-,5+,6-,7+,8+,9+,11+,12-;;;/m0.../s1. The molecule has 0 aromatic carbocycles. The van der Waals surface area contributed by atoms with Crippen LogP contribution in [-0.2, 0) is 48.6 Å². The van der Waals surface area contributed by atoms with Gasteiger partial charge in [0.1, 0.15) is 42.2 Å². The predicted octanol–water partition coefficient (Wildman–Crippen LogP) is -14.9. The maximum Gasteiger partial charge on any atom is 1.00 e. The molecule has 0 aromatic rings. The maximum absolute atomic E-state index is 11.0. The number of nitrogens with one attached hydrogen (secondary N) is 1. The van der Waals surface area contributed by atoms with Crippen LogP contribution in [-0.4, -0.2) is 97.9 Å². The third kappa shape index (κ3) is 9.11. The first-order valence-corrected chi connectivity index (χ1v) is 10.7. The van der Waals surface area contributed by atoms with Gasteiger partial charge < -0.3 is 48.2 Å². The van der Waals surface area contributed by atoms with Crippen LogP contribution in [0.25, 0.3) is 0 Å². The quantitative estimate of drug-likeness (QED) is 0.152. The van der Waals surface area contributed by atoms with Crippen molar-refractivity contribution < 1.29 is 158 Å². The van der Waals surface area contributed by atoms with Gasteiger partial charge in [-0.1, -0.05) is 0 Å². The van der Waals surface area contributed by atoms with E-state index in [1.807, 2.05) is 0 Å². The Bertz CT molecular complexity index is 930. The molecule has 3 aliphatic heterocycles. The molecule has 172 valence electrons. The molecule has 0 spiro atoms. The number of carbonyl (C=O) groups excluding carboxylic acids is 1. The van der Waals surface area contributed by atoms with Crippen LogP contribution >= 0.6 is 0 Å². The Morgan fingerprint density at radius 2 is 1.73 bits per heavy atom. The fraction of sp³-hybridized carbons (Fsp3) is 0.750. The average Bonchev–Trinajstić information content (AvgIpc) is 3.02. The molecule has 2 bridgehead atoms. The van der Waals surface area contributed by atoms with E-state index >= 15 is 0 Å². The summed E-state index contributed by atoms with van der Waals surface area (Å²) in [6.45, 7) is -0.284. The number of carboxylic acid groups (broad SMARTS) is 1. The van der Waals surface area contributed by atoms with Crippen LogP contribution in [0.2, 0.25) is 0 Å². The third-order valence-electron chi connectivity index (χ3n) is 4.27. The molecule has 3 N–H and O–H groups in total. The van der Waals surface area contributed by atoms with E-state index in [0.29, 0.717) is 6.08 Å². The SMILES string of the molecule is O=C([O-])C1=C[C@H](O)[C@@H](OS(=O)(=O)[O-])[C@H](O[C@H]2[C@H](O)[C@H](NS(=O)(=O)[O-])[C@@H]3OC[C@H]2O3)O1.[Na+].[Na+].[Na+]. The molecular formula is C12H14NNa3O15S2. The molecule has 0 amide bonds. The van der Waals surface area contributed by atoms with Gasteiger partial charge in [-0.3, -0.25) is 4.18 Å². The minimum Gasteiger partial charge on any atom is -0.735 e. The van der Waals surface area contributed by atoms with Crippen LogP contribution in [0.1, 0.15) is 0 Å². The number of ether oxygens (including phenoxy) is 4. The van der Waals surface area contributed by atoms with Gasteiger partial charge in [-0.15, -0.1) is 0 Å². The zero-order valence-electron chi connectivity index (χ0n) is 17.4. The van der Waals surface area contributed by atoms with Crippen molar-refractivity contribution in [1.82, 2.24) is 4.72 Å². The predicted molar refractivity (Wildman–Crippen MR) is 80.7 cm³/mol. The van der Waals surface area contributed by atoms with Crippen molar-refractivity contribution in [2.45, 2.75) is 49.1 Å². The average molecular weight is 545 g/mol. The monoisotopic (exact) mass is 545 g/mol. The van der Waals surface area contributed by atoms with E-state index in [-0.39, 0.29) is 95.3 Å². The van der Waals surface area contributed by atoms with Gasteiger partial charge in [-0.2, -0.15) is 0 Å². The van der Waals surface area contributed by atoms with E-state index in [4.69, 9.17) is 18.9 Å². The summed E-state index contributed by atoms with van der Waals surface area (Å²) in [6, 6.07) is -1.66. The topological polar surface area (TPSA) is 253 Å². The molecule has 3 aliphatic rings. The van der Waals surface area contributed by atoms with Gasteiger partial charge in [0.25, 0.3) is 0 Å². The van der Waals surface area contributed by atoms with E-state index in [9.17, 15) is 46.1 Å². The molecule has 3 heterocycles. The molecule has 0 aromatic heterocycles. The molecule has 0 aliphatic carbocycles. The van der Waals surface area contributed by atoms with Crippen LogP contribution in [0, 0.1) is 0 Å². The molecule has 8 atom stereocenters. The van der Waals surface area contributed by atoms with Gasteiger partial charge in [-0.25, -0.2) is 21.6 Å². The number of carboxylic acids is 1. The Kier molecular flexibility index (Phi) is 14.0. The molecule has 21 heteroatoms. The van der Waals surface area contributed by atoms with Crippen LogP contribution in [0.15, 0.2) is 11.8 Å². The maximum atomic E-state index is 11.0. The summed E-state index contributed by atoms with van der Waals surface area (Å²) in [5.74, 6) is -2.94. The van der Waals surface area contributed by atoms with Crippen molar-refractivity contribution >= 4 is 26.7 Å². The number of hydrogen-bond donors (Lipinski definition) is 3. The summed E-state index contributed by atoms with van der Waals surface area (Å²) in [5.41, 5.74) is 0. The third-order valence-corrected chi connectivity index (χ3v) is 5.29. The van der Waals surface area contributed by atoms with Gasteiger partial charge in [-0.05, 0) is 6.08 Å². The minimum atomic E-state index is -5.44. The Morgan fingerprint density at radius 1 is 1.12 bits per heavy atom. The molecule has 33 heavy (non-hydrogen) atoms. The van der Waals surface area contributed by atoms with E-state index in [1.54, 1.807) is 4.72 Å². The Balaban J connectivity index is 0.00000341. The number of aliphatic carboxylic acids is 1. The zero-order chi connectivity index (χ0) is 22.4. The number of aliphatic hydroxyl groups excluding tert-OH is 2. The van der Waals surface area contributed by atoms with Crippen molar-refractivity contribution in [2.24, 2.45) is 0 Å². The zero-order valence-corrected chi connectivity index (χ0v) is 25.1. The van der Waals surface area contributed by atoms with E-state index in [1.165, 1.54) is 0 Å². The molecule has 2 saturated heterocycles. The Morgan fingerprint density at radius 3 is 2.24 bits per heavy atom. The van der Waals surface area contributed by atoms with Gasteiger partial charge in [0.15, 0.2) is 22.7 Å². The van der Waals surface area contributed by atoms with Gasteiger partial charge in [0.05, 0.1) is 6.61 Å². The second-order valence-corrected chi connectivity index (χ2v) is 8.48. The van der Waals surface area contributed by atoms with Crippen molar-refractivity contribution in [3.05, 3.63) is 11.8 Å². The Labute approximate surface area is 254 Å². The van der Waals surface area contributed by atoms with Crippen molar-refractivity contribution in [2.75, 3.05) is 6.61 Å². The molecule has 0 saturated carbocycles. The summed E-state index contributed by atoms with van der Waals surface area (Å²) >= 11 is 0. The molecule has 0 radical (unpaired) electrons. The summed E-state index contributed by atoms with van der Waals surface area (Å²) in [5, 5.41) is 31.4. The van der Waals surface area contributed by atoms with Gasteiger partial charge >= 0.3 is 88.7 Å². The number of rotatable bonds is 7. The second-order valence-electron chi connectivity index (χ2n) is 6.33. The first-order chi connectivity index (χ1) is 13.7. The molecular weight excluding hydrogens is 531 g/mol. The van der Waals surface area contributed by atoms with Gasteiger partial charge in [0.2, 0.25) is 16.7 Å². The van der Waals surface area contributed by atoms with Crippen molar-refractivity contribution in [3.8, 4) is 0 Å². The molecule has 16 nitrogen and oxygen atoms in total. The van der Waals surface area contributed by atoms with Crippen molar-refractivity contribution in [1.29, 1.82) is 0 Å². The smallest absolute Gasteiger partial charge is 0.735 e. The normalized spacial score (nSPS) is 35.7. The first kappa shape index (κ1) is 34.6. The van der Waals surface area contributed by atoms with E-state index < -0.39 is 81.6 Å². The fourth-order valence-corrected chi connectivity index (χ4v) is 4.16. The largest absolute Gasteiger partial charge is 1.00 e. The molecule has 2 fully saturated rings. The molecule has 3 rings (SSSR count). The van der Waals surface area contributed by atoms with Gasteiger partial charge in [0, 0.05) is 0 Å². The number of carbonyl (C=O) groups is 1. The number of fused-ring (bicyclic) bond motifs is 2. The number of hydrogen-bond acceptors (Lipinski definition) is 15. The van der Waals surface area contributed by atoms with E-state index in [2.05, 4.69) is 4.18 Å². The summed E-state index contributed by atoms with van der Waals surface area (Å²) in [6.07, 6.45) is -11.7. The van der Waals surface area contributed by atoms with Crippen LogP contribution in [0.3, 0.4) is 0 Å². The minimum absolute atomic E-state index is 0. The van der Waals surface area contributed by atoms with Crippen molar-refractivity contribution in [3.63, 3.8) is 0 Å². The fourth-order valence-electron chi connectivity index (χ4n) is 3.10. The number of aliphatic hydroxyl groups is 2. The van der Waals surface area contributed by atoms with Crippen LogP contribution in [0.4, 0.5) is 0 Å². The summed E-state index contributed by atoms with van der Waals surface area (Å²) in [4.78, 5) is 11.0. The summed E-state index contributed by atoms with van der Waals surface area (Å²) in [7, 11) is -10.5. The van der Waals surface area contributed by atoms with Crippen LogP contribution in [0.5, 0.6) is 0 Å². The van der Waals surface area contributed by atoms with E-state index in [0.717, 1.165) is 0 Å². The summed E-state index contributed by atoms with van der Waals surface area (Å²) < 4.78 is 92.0. The second kappa shape index (κ2) is 13.4. The molecule has 0 unspecified atom stereocenters. The van der Waals surface area contributed by atoms with Crippen LogP contribution < -0.4 is 98.5 Å². The first-order valence-electron chi connectivity index (χ1n) is 8.01. The Hall–Kier alpha value is 1.55.